The van der Waals surface area contributed by atoms with Gasteiger partial charge in [-0.2, -0.15) is 0 Å². The van der Waals surface area contributed by atoms with Crippen molar-refractivity contribution in [1.82, 2.24) is 5.32 Å². The Bertz CT molecular complexity index is 782. The van der Waals surface area contributed by atoms with Crippen LogP contribution in [0.4, 0.5) is 0 Å². The normalized spacial score (nSPS) is 12.1. The fraction of sp³-hybridized carbons (Fsp3) is 0.280. The molecule has 1 N–H and O–H groups in total. The monoisotopic (exact) mass is 359 g/mol. The molecule has 0 saturated heterocycles. The quantitative estimate of drug-likeness (QED) is 0.489. The summed E-state index contributed by atoms with van der Waals surface area (Å²) in [6, 6.07) is 29.9. The summed E-state index contributed by atoms with van der Waals surface area (Å²) in [5, 5.41) is 3.58. The molecule has 0 saturated carbocycles. The van der Waals surface area contributed by atoms with Crippen LogP contribution in [0.5, 0.6) is 5.75 Å². The van der Waals surface area contributed by atoms with E-state index in [2.05, 4.69) is 104 Å². The van der Waals surface area contributed by atoms with E-state index in [-0.39, 0.29) is 6.10 Å². The Morgan fingerprint density at radius 2 is 1.33 bits per heavy atom. The van der Waals surface area contributed by atoms with Crippen molar-refractivity contribution in [2.75, 3.05) is 6.54 Å². The van der Waals surface area contributed by atoms with Crippen molar-refractivity contribution in [2.24, 2.45) is 0 Å². The first-order valence-electron chi connectivity index (χ1n) is 9.78. The molecule has 2 nitrogen and oxygen atoms in total. The number of rotatable bonds is 9. The van der Waals surface area contributed by atoms with Crippen LogP contribution in [0, 0.1) is 0 Å². The molecular formula is C25H29NO. The molecule has 0 fully saturated rings. The van der Waals surface area contributed by atoms with Crippen LogP contribution in [0.1, 0.15) is 42.9 Å². The molecule has 140 valence electrons. The molecule has 3 rings (SSSR count). The highest BCUT2D eigenvalue weighted by Crippen LogP contribution is 2.29. The average Bonchev–Trinajstić information content (AvgIpc) is 2.70. The Labute approximate surface area is 163 Å². The lowest BCUT2D eigenvalue weighted by Crippen LogP contribution is -2.17. The van der Waals surface area contributed by atoms with Crippen LogP contribution < -0.4 is 10.1 Å². The van der Waals surface area contributed by atoms with Gasteiger partial charge in [0.05, 0.1) is 6.10 Å². The molecule has 0 aromatic heterocycles. The molecule has 3 aromatic carbocycles. The van der Waals surface area contributed by atoms with Gasteiger partial charge in [-0.1, -0.05) is 72.8 Å². The van der Waals surface area contributed by atoms with E-state index >= 15 is 0 Å². The van der Waals surface area contributed by atoms with Crippen molar-refractivity contribution in [1.29, 1.82) is 0 Å². The van der Waals surface area contributed by atoms with E-state index < -0.39 is 0 Å². The first-order valence-corrected chi connectivity index (χ1v) is 9.78. The molecule has 0 amide bonds. The van der Waals surface area contributed by atoms with Crippen LogP contribution >= 0.6 is 0 Å². The van der Waals surface area contributed by atoms with Gasteiger partial charge < -0.3 is 10.1 Å². The highest BCUT2D eigenvalue weighted by molar-refractivity contribution is 5.36. The maximum Gasteiger partial charge on any atom is 0.119 e. The Hall–Kier alpha value is -2.58. The van der Waals surface area contributed by atoms with E-state index in [0.717, 1.165) is 25.3 Å². The molecule has 0 spiro atoms. The fourth-order valence-electron chi connectivity index (χ4n) is 3.34. The second kappa shape index (κ2) is 9.94. The smallest absolute Gasteiger partial charge is 0.119 e. The summed E-state index contributed by atoms with van der Waals surface area (Å²) in [5.41, 5.74) is 4.01. The first-order chi connectivity index (χ1) is 13.2. The first kappa shape index (κ1) is 19.2. The largest absolute Gasteiger partial charge is 0.491 e. The average molecular weight is 360 g/mol. The number of benzene rings is 3. The topological polar surface area (TPSA) is 21.3 Å². The summed E-state index contributed by atoms with van der Waals surface area (Å²) in [5.74, 6) is 1.31. The van der Waals surface area contributed by atoms with Crippen molar-refractivity contribution in [3.8, 4) is 5.75 Å². The highest BCUT2D eigenvalue weighted by atomic mass is 16.5. The van der Waals surface area contributed by atoms with Crippen molar-refractivity contribution in [3.05, 3.63) is 102 Å². The van der Waals surface area contributed by atoms with Gasteiger partial charge in [0.2, 0.25) is 0 Å². The van der Waals surface area contributed by atoms with Gasteiger partial charge in [0.15, 0.2) is 0 Å². The molecule has 3 aromatic rings. The maximum absolute atomic E-state index is 5.79. The second-order valence-electron chi connectivity index (χ2n) is 7.15. The molecule has 0 aliphatic heterocycles. The van der Waals surface area contributed by atoms with E-state index in [4.69, 9.17) is 4.74 Å². The van der Waals surface area contributed by atoms with Crippen LogP contribution in [0.15, 0.2) is 84.9 Å². The van der Waals surface area contributed by atoms with E-state index in [0.29, 0.717) is 5.92 Å². The molecular weight excluding hydrogens is 330 g/mol. The zero-order valence-corrected chi connectivity index (χ0v) is 16.3. The van der Waals surface area contributed by atoms with Crippen LogP contribution in [0.2, 0.25) is 0 Å². The van der Waals surface area contributed by atoms with E-state index in [1.54, 1.807) is 0 Å². The minimum Gasteiger partial charge on any atom is -0.491 e. The van der Waals surface area contributed by atoms with Crippen LogP contribution in [-0.4, -0.2) is 12.6 Å². The summed E-state index contributed by atoms with van der Waals surface area (Å²) in [6.45, 7) is 5.99. The van der Waals surface area contributed by atoms with Crippen LogP contribution in [0.3, 0.4) is 0 Å². The molecule has 0 bridgehead atoms. The molecule has 0 aliphatic carbocycles. The van der Waals surface area contributed by atoms with E-state index in [1.807, 2.05) is 0 Å². The van der Waals surface area contributed by atoms with Crippen molar-refractivity contribution >= 4 is 0 Å². The third kappa shape index (κ3) is 5.97. The summed E-state index contributed by atoms with van der Waals surface area (Å²) in [7, 11) is 0. The number of hydrogen-bond acceptors (Lipinski definition) is 2. The minimum atomic E-state index is 0.197. The van der Waals surface area contributed by atoms with Gasteiger partial charge >= 0.3 is 0 Å². The predicted molar refractivity (Wildman–Crippen MR) is 113 cm³/mol. The minimum absolute atomic E-state index is 0.197. The standard InChI is InChI=1S/C25H29NO/c1-20(2)27-24-15-13-23(14-16-24)25(22-11-7-4-8-12-22)17-18-26-19-21-9-5-3-6-10-21/h3-16,20,25-26H,17-19H2,1-2H3/t25-/m0/s1. The summed E-state index contributed by atoms with van der Waals surface area (Å²) in [4.78, 5) is 0. The number of ether oxygens (including phenoxy) is 1. The van der Waals surface area contributed by atoms with Gasteiger partial charge in [-0.3, -0.25) is 0 Å². The molecule has 1 atom stereocenters. The Kier molecular flexibility index (Phi) is 7.06. The Balaban J connectivity index is 1.66. The van der Waals surface area contributed by atoms with Gasteiger partial charge in [-0.05, 0) is 55.6 Å². The molecule has 0 unspecified atom stereocenters. The lowest BCUT2D eigenvalue weighted by molar-refractivity contribution is 0.242. The van der Waals surface area contributed by atoms with Gasteiger partial charge in [0, 0.05) is 12.5 Å². The van der Waals surface area contributed by atoms with Crippen molar-refractivity contribution < 1.29 is 4.74 Å². The number of nitrogens with one attached hydrogen (secondary N) is 1. The van der Waals surface area contributed by atoms with E-state index in [1.165, 1.54) is 16.7 Å². The molecule has 2 heteroatoms. The summed E-state index contributed by atoms with van der Waals surface area (Å²) >= 11 is 0. The Morgan fingerprint density at radius 1 is 0.741 bits per heavy atom. The summed E-state index contributed by atoms with van der Waals surface area (Å²) < 4.78 is 5.79. The zero-order valence-electron chi connectivity index (χ0n) is 16.3. The van der Waals surface area contributed by atoms with Crippen LogP contribution in [0.25, 0.3) is 0 Å². The van der Waals surface area contributed by atoms with Gasteiger partial charge in [0.25, 0.3) is 0 Å². The second-order valence-corrected chi connectivity index (χ2v) is 7.15. The molecule has 27 heavy (non-hydrogen) atoms. The van der Waals surface area contributed by atoms with Crippen LogP contribution in [-0.2, 0) is 6.54 Å². The Morgan fingerprint density at radius 3 is 1.96 bits per heavy atom. The number of hydrogen-bond donors (Lipinski definition) is 1. The summed E-state index contributed by atoms with van der Waals surface area (Å²) in [6.07, 6.45) is 1.25. The third-order valence-electron chi connectivity index (χ3n) is 4.64. The van der Waals surface area contributed by atoms with E-state index in [9.17, 15) is 0 Å². The van der Waals surface area contributed by atoms with Gasteiger partial charge in [-0.15, -0.1) is 0 Å². The van der Waals surface area contributed by atoms with Crippen molar-refractivity contribution in [2.45, 2.75) is 38.8 Å². The maximum atomic E-state index is 5.79. The van der Waals surface area contributed by atoms with Gasteiger partial charge in [-0.25, -0.2) is 0 Å². The lowest BCUT2D eigenvalue weighted by atomic mass is 9.88. The zero-order chi connectivity index (χ0) is 18.9. The SMILES string of the molecule is CC(C)Oc1ccc([C@@H](CCNCc2ccccc2)c2ccccc2)cc1. The fourth-order valence-corrected chi connectivity index (χ4v) is 3.34. The lowest BCUT2D eigenvalue weighted by Gasteiger charge is -2.19. The molecule has 0 heterocycles. The highest BCUT2D eigenvalue weighted by Gasteiger charge is 2.14. The molecule has 0 radical (unpaired) electrons. The van der Waals surface area contributed by atoms with Gasteiger partial charge in [0.1, 0.15) is 5.75 Å². The van der Waals surface area contributed by atoms with Crippen molar-refractivity contribution in [3.63, 3.8) is 0 Å². The third-order valence-corrected chi connectivity index (χ3v) is 4.64. The predicted octanol–water partition coefficient (Wildman–Crippen LogP) is 5.79. The molecule has 0 aliphatic rings.